The number of nitrogens with one attached hydrogen (secondary N) is 1. The van der Waals surface area contributed by atoms with Crippen LogP contribution in [-0.2, 0) is 13.2 Å². The highest BCUT2D eigenvalue weighted by atomic mass is 79.9. The number of hydrogen-bond donors (Lipinski definition) is 1. The summed E-state index contributed by atoms with van der Waals surface area (Å²) in [6.07, 6.45) is 2.58. The van der Waals surface area contributed by atoms with Crippen LogP contribution < -0.4 is 14.8 Å². The second-order valence-electron chi connectivity index (χ2n) is 7.07. The van der Waals surface area contributed by atoms with Crippen LogP contribution in [0.1, 0.15) is 30.9 Å². The molecule has 2 aromatic rings. The first-order chi connectivity index (χ1) is 13.6. The van der Waals surface area contributed by atoms with Gasteiger partial charge in [0.2, 0.25) is 0 Å². The molecule has 1 aliphatic heterocycles. The summed E-state index contributed by atoms with van der Waals surface area (Å²) in [4.78, 5) is 2.55. The van der Waals surface area contributed by atoms with Crippen molar-refractivity contribution in [1.29, 1.82) is 0 Å². The average Bonchev–Trinajstić information content (AvgIpc) is 3.16. The molecule has 0 spiro atoms. The molecule has 0 aliphatic carbocycles. The van der Waals surface area contributed by atoms with Crippen LogP contribution in [0.15, 0.2) is 40.9 Å². The van der Waals surface area contributed by atoms with E-state index in [-0.39, 0.29) is 0 Å². The quantitative estimate of drug-likeness (QED) is 0.545. The zero-order valence-corrected chi connectivity index (χ0v) is 18.9. The van der Waals surface area contributed by atoms with Crippen LogP contribution in [0.4, 0.5) is 0 Å². The largest absolute Gasteiger partial charge is 0.493 e. The van der Waals surface area contributed by atoms with Crippen LogP contribution in [0, 0.1) is 0 Å². The normalized spacial score (nSPS) is 17.1. The minimum atomic E-state index is 0.464. The monoisotopic (exact) mass is 466 g/mol. The molecule has 152 valence electrons. The molecule has 1 unspecified atom stereocenters. The highest BCUT2D eigenvalue weighted by Gasteiger charge is 2.22. The van der Waals surface area contributed by atoms with Crippen LogP contribution in [0.2, 0.25) is 5.02 Å². The Balaban J connectivity index is 1.59. The molecular weight excluding hydrogens is 440 g/mol. The Morgan fingerprint density at radius 2 is 2.00 bits per heavy atom. The molecule has 0 saturated carbocycles. The maximum atomic E-state index is 5.98. The van der Waals surface area contributed by atoms with Crippen molar-refractivity contribution in [2.24, 2.45) is 0 Å². The van der Waals surface area contributed by atoms with E-state index in [1.165, 1.54) is 19.4 Å². The number of nitrogens with zero attached hydrogens (tertiary/aromatic N) is 1. The Morgan fingerprint density at radius 1 is 1.21 bits per heavy atom. The van der Waals surface area contributed by atoms with Gasteiger partial charge in [-0.05, 0) is 61.3 Å². The van der Waals surface area contributed by atoms with Gasteiger partial charge in [-0.2, -0.15) is 0 Å². The Morgan fingerprint density at radius 3 is 2.71 bits per heavy atom. The summed E-state index contributed by atoms with van der Waals surface area (Å²) in [6.45, 7) is 6.86. The van der Waals surface area contributed by atoms with Gasteiger partial charge >= 0.3 is 0 Å². The van der Waals surface area contributed by atoms with Crippen molar-refractivity contribution in [3.8, 4) is 11.5 Å². The van der Waals surface area contributed by atoms with E-state index >= 15 is 0 Å². The van der Waals surface area contributed by atoms with Crippen LogP contribution in [0.25, 0.3) is 0 Å². The summed E-state index contributed by atoms with van der Waals surface area (Å²) >= 11 is 9.62. The van der Waals surface area contributed by atoms with Crippen molar-refractivity contribution >= 4 is 27.5 Å². The van der Waals surface area contributed by atoms with E-state index in [1.807, 2.05) is 36.4 Å². The summed E-state index contributed by atoms with van der Waals surface area (Å²) in [6, 6.07) is 12.3. The van der Waals surface area contributed by atoms with Gasteiger partial charge in [0, 0.05) is 28.6 Å². The number of likely N-dealkylation sites (tertiary alicyclic amines) is 1. The number of benzene rings is 2. The topological polar surface area (TPSA) is 33.7 Å². The molecule has 6 heteroatoms. The second kappa shape index (κ2) is 10.5. The number of ether oxygens (including phenoxy) is 2. The molecule has 3 rings (SSSR count). The van der Waals surface area contributed by atoms with Gasteiger partial charge in [-0.1, -0.05) is 46.6 Å². The number of likely N-dealkylation sites (N-methyl/N-ethyl adjacent to an activating group) is 1. The lowest BCUT2D eigenvalue weighted by Gasteiger charge is -2.23. The summed E-state index contributed by atoms with van der Waals surface area (Å²) in [5.74, 6) is 1.46. The standard InChI is InChI=1S/C22H28BrClN2O2/c1-3-26-10-4-5-19(26)14-25-13-17-11-21(27-2)22(12-20(17)23)28-15-16-6-8-18(24)9-7-16/h6-9,11-12,19,25H,3-5,10,13-15H2,1-2H3. The molecule has 1 aliphatic rings. The van der Waals surface area contributed by atoms with Crippen molar-refractivity contribution < 1.29 is 9.47 Å². The minimum absolute atomic E-state index is 0.464. The Kier molecular flexibility index (Phi) is 8.03. The molecule has 4 nitrogen and oxygen atoms in total. The van der Waals surface area contributed by atoms with Gasteiger partial charge in [-0.15, -0.1) is 0 Å². The predicted octanol–water partition coefficient (Wildman–Crippen LogP) is 5.26. The molecule has 1 N–H and O–H groups in total. The molecule has 1 saturated heterocycles. The van der Waals surface area contributed by atoms with Crippen molar-refractivity contribution in [1.82, 2.24) is 10.2 Å². The van der Waals surface area contributed by atoms with Gasteiger partial charge < -0.3 is 14.8 Å². The lowest BCUT2D eigenvalue weighted by atomic mass is 10.1. The first-order valence-corrected chi connectivity index (χ1v) is 11.0. The van der Waals surface area contributed by atoms with E-state index in [4.69, 9.17) is 21.1 Å². The molecule has 1 fully saturated rings. The van der Waals surface area contributed by atoms with Gasteiger partial charge in [0.25, 0.3) is 0 Å². The van der Waals surface area contributed by atoms with Crippen LogP contribution in [-0.4, -0.2) is 37.7 Å². The smallest absolute Gasteiger partial charge is 0.162 e. The number of hydrogen-bond acceptors (Lipinski definition) is 4. The lowest BCUT2D eigenvalue weighted by molar-refractivity contribution is 0.259. The summed E-state index contributed by atoms with van der Waals surface area (Å²) in [5.41, 5.74) is 2.22. The summed E-state index contributed by atoms with van der Waals surface area (Å²) < 4.78 is 12.6. The van der Waals surface area contributed by atoms with Crippen LogP contribution in [0.5, 0.6) is 11.5 Å². The lowest BCUT2D eigenvalue weighted by Crippen LogP contribution is -2.37. The van der Waals surface area contributed by atoms with Crippen molar-refractivity contribution in [3.05, 3.63) is 57.0 Å². The fraction of sp³-hybridized carbons (Fsp3) is 0.455. The molecule has 0 aromatic heterocycles. The molecule has 28 heavy (non-hydrogen) atoms. The molecule has 0 bridgehead atoms. The molecule has 0 amide bonds. The third-order valence-electron chi connectivity index (χ3n) is 5.24. The fourth-order valence-electron chi connectivity index (χ4n) is 3.64. The molecule has 1 atom stereocenters. The van der Waals surface area contributed by atoms with Crippen molar-refractivity contribution in [2.45, 2.75) is 39.0 Å². The third-order valence-corrected chi connectivity index (χ3v) is 6.23. The van der Waals surface area contributed by atoms with Crippen molar-refractivity contribution in [3.63, 3.8) is 0 Å². The molecule has 2 aromatic carbocycles. The first-order valence-electron chi connectivity index (χ1n) is 9.79. The van der Waals surface area contributed by atoms with E-state index in [0.717, 1.165) is 51.8 Å². The summed E-state index contributed by atoms with van der Waals surface area (Å²) in [5, 5.41) is 4.32. The molecule has 1 heterocycles. The highest BCUT2D eigenvalue weighted by molar-refractivity contribution is 9.10. The summed E-state index contributed by atoms with van der Waals surface area (Å²) in [7, 11) is 1.67. The van der Waals surface area contributed by atoms with E-state index in [1.54, 1.807) is 7.11 Å². The van der Waals surface area contributed by atoms with Gasteiger partial charge in [-0.3, -0.25) is 4.90 Å². The molecule has 0 radical (unpaired) electrons. The zero-order valence-electron chi connectivity index (χ0n) is 16.5. The number of methoxy groups -OCH3 is 1. The highest BCUT2D eigenvalue weighted by Crippen LogP contribution is 2.34. The minimum Gasteiger partial charge on any atom is -0.493 e. The zero-order chi connectivity index (χ0) is 19.9. The van der Waals surface area contributed by atoms with Crippen LogP contribution >= 0.6 is 27.5 Å². The Bertz CT molecular complexity index is 770. The predicted molar refractivity (Wildman–Crippen MR) is 118 cm³/mol. The second-order valence-corrected chi connectivity index (χ2v) is 8.36. The van der Waals surface area contributed by atoms with E-state index in [9.17, 15) is 0 Å². The Labute approximate surface area is 181 Å². The SMILES string of the molecule is CCN1CCCC1CNCc1cc(OC)c(OCc2ccc(Cl)cc2)cc1Br. The maximum Gasteiger partial charge on any atom is 0.162 e. The van der Waals surface area contributed by atoms with Gasteiger partial charge in [0.05, 0.1) is 7.11 Å². The van der Waals surface area contributed by atoms with E-state index in [0.29, 0.717) is 12.6 Å². The number of rotatable bonds is 9. The fourth-order valence-corrected chi connectivity index (χ4v) is 4.23. The molecular formula is C22H28BrClN2O2. The van der Waals surface area contributed by atoms with E-state index < -0.39 is 0 Å². The van der Waals surface area contributed by atoms with E-state index in [2.05, 4.69) is 33.1 Å². The Hall–Kier alpha value is -1.27. The van der Waals surface area contributed by atoms with Crippen LogP contribution in [0.3, 0.4) is 0 Å². The third kappa shape index (κ3) is 5.63. The van der Waals surface area contributed by atoms with Gasteiger partial charge in [-0.25, -0.2) is 0 Å². The van der Waals surface area contributed by atoms with Gasteiger partial charge in [0.15, 0.2) is 11.5 Å². The van der Waals surface area contributed by atoms with Gasteiger partial charge in [0.1, 0.15) is 6.61 Å². The average molecular weight is 468 g/mol. The maximum absolute atomic E-state index is 5.98. The first kappa shape index (κ1) is 21.4. The van der Waals surface area contributed by atoms with Crippen molar-refractivity contribution in [2.75, 3.05) is 26.7 Å². The number of halogens is 2.